The van der Waals surface area contributed by atoms with Crippen molar-refractivity contribution >= 4 is 5.91 Å². The molecule has 3 nitrogen and oxygen atoms in total. The highest BCUT2D eigenvalue weighted by atomic mass is 16.1. The molecule has 0 aromatic carbocycles. The minimum atomic E-state index is 0. The van der Waals surface area contributed by atoms with Crippen molar-refractivity contribution in [3.63, 3.8) is 0 Å². The number of carbonyl (C=O) groups excluding carboxylic acids is 1. The molecule has 1 aliphatic heterocycles. The van der Waals surface area contributed by atoms with Crippen LogP contribution in [-0.4, -0.2) is 37.0 Å². The van der Waals surface area contributed by atoms with Gasteiger partial charge in [-0.15, -0.1) is 0 Å². The Balaban J connectivity index is 0.00000169. The number of amides is 1. The van der Waals surface area contributed by atoms with Crippen LogP contribution in [0.1, 0.15) is 28.1 Å². The van der Waals surface area contributed by atoms with Crippen molar-refractivity contribution in [3.8, 4) is 0 Å². The SMILES string of the molecule is CC(C)C(=O)NC[C@H]1CCCN1C.[HH]. The second kappa shape index (κ2) is 4.61. The van der Waals surface area contributed by atoms with Crippen molar-refractivity contribution in [2.75, 3.05) is 20.1 Å². The predicted octanol–water partition coefficient (Wildman–Crippen LogP) is 1.10. The molecular weight excluding hydrogens is 164 g/mol. The lowest BCUT2D eigenvalue weighted by molar-refractivity contribution is -0.124. The van der Waals surface area contributed by atoms with Crippen LogP contribution in [0.15, 0.2) is 0 Å². The lowest BCUT2D eigenvalue weighted by Gasteiger charge is -2.20. The zero-order chi connectivity index (χ0) is 9.84. The maximum Gasteiger partial charge on any atom is 0.222 e. The monoisotopic (exact) mass is 186 g/mol. The summed E-state index contributed by atoms with van der Waals surface area (Å²) in [5.41, 5.74) is 0. The van der Waals surface area contributed by atoms with E-state index < -0.39 is 0 Å². The Bertz CT molecular complexity index is 185. The van der Waals surface area contributed by atoms with Crippen molar-refractivity contribution in [2.45, 2.75) is 32.7 Å². The number of nitrogens with one attached hydrogen (secondary N) is 1. The minimum absolute atomic E-state index is 0. The average molecular weight is 186 g/mol. The molecule has 78 valence electrons. The standard InChI is InChI=1S/C10H20N2O.H2/c1-8(2)10(13)11-7-9-5-4-6-12(9)3;/h8-9H,4-7H2,1-3H3,(H,11,13);1H/t9-;/m1./s1. The molecule has 1 saturated heterocycles. The molecule has 1 amide bonds. The molecule has 1 fully saturated rings. The van der Waals surface area contributed by atoms with Gasteiger partial charge in [-0.3, -0.25) is 4.79 Å². The molecule has 0 unspecified atom stereocenters. The third-order valence-corrected chi connectivity index (χ3v) is 2.71. The highest BCUT2D eigenvalue weighted by Crippen LogP contribution is 2.13. The van der Waals surface area contributed by atoms with Crippen molar-refractivity contribution in [1.29, 1.82) is 0 Å². The number of likely N-dealkylation sites (N-methyl/N-ethyl adjacent to an activating group) is 1. The van der Waals surface area contributed by atoms with Gasteiger partial charge in [-0.2, -0.15) is 0 Å². The quantitative estimate of drug-likeness (QED) is 0.716. The number of likely N-dealkylation sites (tertiary alicyclic amines) is 1. The number of carbonyl (C=O) groups is 1. The van der Waals surface area contributed by atoms with Gasteiger partial charge in [0.1, 0.15) is 0 Å². The molecule has 0 radical (unpaired) electrons. The molecule has 0 aliphatic carbocycles. The summed E-state index contributed by atoms with van der Waals surface area (Å²) in [5.74, 6) is 0.270. The Labute approximate surface area is 82.0 Å². The van der Waals surface area contributed by atoms with Gasteiger partial charge in [0.25, 0.3) is 0 Å². The molecule has 13 heavy (non-hydrogen) atoms. The van der Waals surface area contributed by atoms with E-state index in [4.69, 9.17) is 0 Å². The first-order valence-electron chi connectivity index (χ1n) is 5.09. The van der Waals surface area contributed by atoms with Gasteiger partial charge in [-0.1, -0.05) is 13.8 Å². The second-order valence-electron chi connectivity index (χ2n) is 4.18. The molecule has 1 aliphatic rings. The van der Waals surface area contributed by atoms with E-state index in [0.29, 0.717) is 6.04 Å². The Morgan fingerprint density at radius 1 is 1.69 bits per heavy atom. The number of nitrogens with zero attached hydrogens (tertiary/aromatic N) is 1. The number of hydrogen-bond donors (Lipinski definition) is 1. The Hall–Kier alpha value is -0.570. The molecule has 3 heteroatoms. The van der Waals surface area contributed by atoms with Gasteiger partial charge in [-0.05, 0) is 26.4 Å². The predicted molar refractivity (Wildman–Crippen MR) is 55.6 cm³/mol. The van der Waals surface area contributed by atoms with Crippen LogP contribution in [0.2, 0.25) is 0 Å². The summed E-state index contributed by atoms with van der Waals surface area (Å²) in [6, 6.07) is 0.558. The van der Waals surface area contributed by atoms with E-state index in [1.54, 1.807) is 0 Å². The van der Waals surface area contributed by atoms with Gasteiger partial charge in [-0.25, -0.2) is 0 Å². The highest BCUT2D eigenvalue weighted by Gasteiger charge is 2.21. The summed E-state index contributed by atoms with van der Waals surface area (Å²) < 4.78 is 0. The van der Waals surface area contributed by atoms with Gasteiger partial charge in [0.05, 0.1) is 0 Å². The lowest BCUT2D eigenvalue weighted by atomic mass is 10.2. The number of hydrogen-bond acceptors (Lipinski definition) is 2. The summed E-state index contributed by atoms with van der Waals surface area (Å²) >= 11 is 0. The Morgan fingerprint density at radius 3 is 2.85 bits per heavy atom. The van der Waals surface area contributed by atoms with Gasteiger partial charge in [0.2, 0.25) is 5.91 Å². The molecule has 0 aromatic rings. The molecule has 0 bridgehead atoms. The first kappa shape index (κ1) is 10.5. The average Bonchev–Trinajstić information content (AvgIpc) is 2.47. The second-order valence-corrected chi connectivity index (χ2v) is 4.18. The molecule has 1 N–H and O–H groups in total. The van der Waals surface area contributed by atoms with Gasteiger partial charge >= 0.3 is 0 Å². The van der Waals surface area contributed by atoms with Crippen LogP contribution in [0.5, 0.6) is 0 Å². The summed E-state index contributed by atoms with van der Waals surface area (Å²) in [6.07, 6.45) is 2.48. The van der Waals surface area contributed by atoms with Crippen molar-refractivity contribution in [1.82, 2.24) is 10.2 Å². The van der Waals surface area contributed by atoms with Crippen LogP contribution in [0.3, 0.4) is 0 Å². The van der Waals surface area contributed by atoms with Gasteiger partial charge < -0.3 is 10.2 Å². The maximum absolute atomic E-state index is 11.3. The summed E-state index contributed by atoms with van der Waals surface area (Å²) in [6.45, 7) is 5.83. The van der Waals surface area contributed by atoms with Gasteiger partial charge in [0, 0.05) is 19.9 Å². The molecular formula is C10H22N2O. The molecule has 1 atom stereocenters. The van der Waals surface area contributed by atoms with E-state index in [-0.39, 0.29) is 13.3 Å². The first-order valence-corrected chi connectivity index (χ1v) is 5.09. The largest absolute Gasteiger partial charge is 0.354 e. The molecule has 0 saturated carbocycles. The molecule has 1 rings (SSSR count). The Morgan fingerprint density at radius 2 is 2.38 bits per heavy atom. The van der Waals surface area contributed by atoms with Crippen molar-refractivity contribution < 1.29 is 6.22 Å². The van der Waals surface area contributed by atoms with Crippen LogP contribution in [0, 0.1) is 5.92 Å². The fourth-order valence-corrected chi connectivity index (χ4v) is 1.66. The minimum Gasteiger partial charge on any atom is -0.354 e. The van der Waals surface area contributed by atoms with E-state index >= 15 is 0 Å². The molecule has 0 aromatic heterocycles. The fourth-order valence-electron chi connectivity index (χ4n) is 1.66. The first-order chi connectivity index (χ1) is 6.11. The van der Waals surface area contributed by atoms with Crippen LogP contribution >= 0.6 is 0 Å². The van der Waals surface area contributed by atoms with Crippen LogP contribution in [-0.2, 0) is 4.79 Å². The zero-order valence-electron chi connectivity index (χ0n) is 8.84. The summed E-state index contributed by atoms with van der Waals surface area (Å²) in [5, 5.41) is 2.97. The highest BCUT2D eigenvalue weighted by molar-refractivity contribution is 5.77. The smallest absolute Gasteiger partial charge is 0.222 e. The topological polar surface area (TPSA) is 32.3 Å². The van der Waals surface area contributed by atoms with E-state index in [1.165, 1.54) is 19.4 Å². The van der Waals surface area contributed by atoms with E-state index in [2.05, 4.69) is 17.3 Å². The van der Waals surface area contributed by atoms with Crippen molar-refractivity contribution in [2.24, 2.45) is 5.92 Å². The van der Waals surface area contributed by atoms with E-state index in [9.17, 15) is 4.79 Å². The summed E-state index contributed by atoms with van der Waals surface area (Å²) in [7, 11) is 2.12. The van der Waals surface area contributed by atoms with Gasteiger partial charge in [0.15, 0.2) is 0 Å². The van der Waals surface area contributed by atoms with E-state index in [0.717, 1.165) is 6.54 Å². The van der Waals surface area contributed by atoms with Crippen molar-refractivity contribution in [3.05, 3.63) is 0 Å². The lowest BCUT2D eigenvalue weighted by Crippen LogP contribution is -2.39. The normalized spacial score (nSPS) is 23.8. The fraction of sp³-hybridized carbons (Fsp3) is 0.900. The molecule has 1 heterocycles. The Kier molecular flexibility index (Phi) is 3.72. The van der Waals surface area contributed by atoms with Crippen LogP contribution < -0.4 is 5.32 Å². The zero-order valence-corrected chi connectivity index (χ0v) is 8.84. The van der Waals surface area contributed by atoms with Crippen LogP contribution in [0.4, 0.5) is 0 Å². The molecule has 0 spiro atoms. The third kappa shape index (κ3) is 2.99. The maximum atomic E-state index is 11.3. The van der Waals surface area contributed by atoms with Crippen LogP contribution in [0.25, 0.3) is 0 Å². The third-order valence-electron chi connectivity index (χ3n) is 2.71. The van der Waals surface area contributed by atoms with E-state index in [1.807, 2.05) is 13.8 Å². The summed E-state index contributed by atoms with van der Waals surface area (Å²) in [4.78, 5) is 13.6. The number of rotatable bonds is 3.